The van der Waals surface area contributed by atoms with Gasteiger partial charge in [0.25, 0.3) is 5.91 Å². The fourth-order valence-corrected chi connectivity index (χ4v) is 2.34. The van der Waals surface area contributed by atoms with Crippen LogP contribution in [0.2, 0.25) is 0 Å². The van der Waals surface area contributed by atoms with Gasteiger partial charge >= 0.3 is 5.97 Å². The van der Waals surface area contributed by atoms with E-state index in [0.717, 1.165) is 5.56 Å². The summed E-state index contributed by atoms with van der Waals surface area (Å²) in [6.45, 7) is 1.82. The zero-order valence-corrected chi connectivity index (χ0v) is 12.9. The molecule has 0 saturated carbocycles. The van der Waals surface area contributed by atoms with Crippen molar-refractivity contribution in [1.29, 1.82) is 5.26 Å². The molecule has 0 aromatic heterocycles. The molecule has 2 rings (SSSR count). The number of nitrogens with zero attached hydrogens (tertiary/aromatic N) is 2. The second kappa shape index (κ2) is 6.94. The van der Waals surface area contributed by atoms with Gasteiger partial charge < -0.3 is 20.1 Å². The molecular weight excluding hydrogens is 298 g/mol. The van der Waals surface area contributed by atoms with Crippen molar-refractivity contribution < 1.29 is 19.4 Å². The highest BCUT2D eigenvalue weighted by molar-refractivity contribution is 6.08. The number of aliphatic hydroxyl groups is 1. The number of hydrogen-bond acceptors (Lipinski definition) is 6. The third kappa shape index (κ3) is 3.33. The summed E-state index contributed by atoms with van der Waals surface area (Å²) in [5, 5.41) is 21.1. The number of aliphatic hydroxyl groups excluding tert-OH is 1. The Labute approximate surface area is 133 Å². The van der Waals surface area contributed by atoms with Crippen molar-refractivity contribution in [3.05, 3.63) is 40.6 Å². The van der Waals surface area contributed by atoms with E-state index in [1.807, 2.05) is 13.0 Å². The predicted octanol–water partition coefficient (Wildman–Crippen LogP) is 0.540. The number of rotatable bonds is 5. The lowest BCUT2D eigenvalue weighted by atomic mass is 10.1. The van der Waals surface area contributed by atoms with Crippen LogP contribution in [0.1, 0.15) is 11.1 Å². The van der Waals surface area contributed by atoms with Crippen molar-refractivity contribution in [3.63, 3.8) is 0 Å². The van der Waals surface area contributed by atoms with E-state index in [0.29, 0.717) is 11.3 Å². The third-order valence-electron chi connectivity index (χ3n) is 3.51. The van der Waals surface area contributed by atoms with Gasteiger partial charge in [0.2, 0.25) is 0 Å². The van der Waals surface area contributed by atoms with Gasteiger partial charge in [0.15, 0.2) is 0 Å². The molecule has 1 heterocycles. The predicted molar refractivity (Wildman–Crippen MR) is 82.2 cm³/mol. The van der Waals surface area contributed by atoms with Gasteiger partial charge in [-0.3, -0.25) is 4.79 Å². The van der Waals surface area contributed by atoms with E-state index in [2.05, 4.69) is 5.32 Å². The average molecular weight is 315 g/mol. The second-order valence-corrected chi connectivity index (χ2v) is 5.08. The maximum atomic E-state index is 12.4. The first kappa shape index (κ1) is 16.5. The molecule has 0 spiro atoms. The van der Waals surface area contributed by atoms with Crippen molar-refractivity contribution in [1.82, 2.24) is 4.90 Å². The summed E-state index contributed by atoms with van der Waals surface area (Å²) in [4.78, 5) is 25.7. The number of benzene rings is 1. The Kier molecular flexibility index (Phi) is 4.98. The summed E-state index contributed by atoms with van der Waals surface area (Å²) in [7, 11) is 1.24. The highest BCUT2D eigenvalue weighted by atomic mass is 16.5. The molecule has 1 aliphatic heterocycles. The molecule has 7 nitrogen and oxygen atoms in total. The van der Waals surface area contributed by atoms with Gasteiger partial charge in [-0.05, 0) is 24.6 Å². The van der Waals surface area contributed by atoms with E-state index < -0.39 is 11.9 Å². The Hall–Kier alpha value is -2.85. The van der Waals surface area contributed by atoms with Crippen molar-refractivity contribution in [3.8, 4) is 6.07 Å². The first-order valence-corrected chi connectivity index (χ1v) is 7.01. The lowest BCUT2D eigenvalue weighted by Gasteiger charge is -2.15. The van der Waals surface area contributed by atoms with Crippen molar-refractivity contribution in [2.75, 3.05) is 32.1 Å². The van der Waals surface area contributed by atoms with E-state index in [1.165, 1.54) is 12.0 Å². The molecule has 2 N–H and O–H groups in total. The highest BCUT2D eigenvalue weighted by Crippen LogP contribution is 2.25. The van der Waals surface area contributed by atoms with Crippen LogP contribution in [0.15, 0.2) is 29.5 Å². The van der Waals surface area contributed by atoms with E-state index in [-0.39, 0.29) is 31.0 Å². The number of nitriles is 1. The lowest BCUT2D eigenvalue weighted by Crippen LogP contribution is -2.31. The maximum absolute atomic E-state index is 12.4. The van der Waals surface area contributed by atoms with Crippen LogP contribution >= 0.6 is 0 Å². The molecule has 0 atom stereocenters. The quantitative estimate of drug-likeness (QED) is 0.769. The van der Waals surface area contributed by atoms with Crippen molar-refractivity contribution in [2.45, 2.75) is 6.92 Å². The Balaban J connectivity index is 2.41. The van der Waals surface area contributed by atoms with Gasteiger partial charge in [-0.15, -0.1) is 0 Å². The first-order valence-electron chi connectivity index (χ1n) is 7.01. The number of methoxy groups -OCH3 is 1. The van der Waals surface area contributed by atoms with Crippen LogP contribution in [0.4, 0.5) is 5.69 Å². The van der Waals surface area contributed by atoms with Crippen LogP contribution in [-0.4, -0.2) is 48.7 Å². The number of β-amino-alcohol motifs (C(OH)–C–C–N with tert-alkyl or cyclic N) is 1. The molecule has 0 saturated heterocycles. The molecule has 7 heteroatoms. The topological polar surface area (TPSA) is 103 Å². The van der Waals surface area contributed by atoms with E-state index in [9.17, 15) is 14.9 Å². The molecule has 23 heavy (non-hydrogen) atoms. The first-order chi connectivity index (χ1) is 11.0. The highest BCUT2D eigenvalue weighted by Gasteiger charge is 2.34. The minimum atomic E-state index is -0.618. The zero-order valence-electron chi connectivity index (χ0n) is 12.9. The minimum absolute atomic E-state index is 0.0576. The van der Waals surface area contributed by atoms with Gasteiger partial charge in [-0.25, -0.2) is 4.79 Å². The fourth-order valence-electron chi connectivity index (χ4n) is 2.34. The number of amides is 1. The summed E-state index contributed by atoms with van der Waals surface area (Å²) in [6, 6.07) is 7.19. The summed E-state index contributed by atoms with van der Waals surface area (Å²) in [5.74, 6) is -1.03. The van der Waals surface area contributed by atoms with E-state index in [1.54, 1.807) is 18.2 Å². The Morgan fingerprint density at radius 3 is 2.87 bits per heavy atom. The molecule has 1 aliphatic rings. The van der Waals surface area contributed by atoms with Gasteiger partial charge in [-0.1, -0.05) is 6.07 Å². The SMILES string of the molecule is COC(=O)C1=C(Nc2cc(C)ccc2C#N)C(=O)N(CCO)C1. The summed E-state index contributed by atoms with van der Waals surface area (Å²) in [5.41, 5.74) is 1.97. The number of anilines is 1. The summed E-state index contributed by atoms with van der Waals surface area (Å²) < 4.78 is 4.71. The van der Waals surface area contributed by atoms with E-state index in [4.69, 9.17) is 9.84 Å². The Morgan fingerprint density at radius 1 is 1.52 bits per heavy atom. The van der Waals surface area contributed by atoms with Gasteiger partial charge in [0.05, 0.1) is 37.1 Å². The average Bonchev–Trinajstić information content (AvgIpc) is 2.84. The van der Waals surface area contributed by atoms with Crippen LogP contribution in [0.3, 0.4) is 0 Å². The smallest absolute Gasteiger partial charge is 0.337 e. The monoisotopic (exact) mass is 315 g/mol. The van der Waals surface area contributed by atoms with Gasteiger partial charge in [-0.2, -0.15) is 5.26 Å². The van der Waals surface area contributed by atoms with Crippen molar-refractivity contribution in [2.24, 2.45) is 0 Å². The minimum Gasteiger partial charge on any atom is -0.466 e. The molecule has 1 aromatic carbocycles. The number of carbonyl (C=O) groups is 2. The van der Waals surface area contributed by atoms with E-state index >= 15 is 0 Å². The molecular formula is C16H17N3O4. The number of carbonyl (C=O) groups excluding carboxylic acids is 2. The van der Waals surface area contributed by atoms with Crippen LogP contribution < -0.4 is 5.32 Å². The number of nitrogens with one attached hydrogen (secondary N) is 1. The molecule has 1 amide bonds. The number of hydrogen-bond donors (Lipinski definition) is 2. The molecule has 0 fully saturated rings. The Bertz CT molecular complexity index is 719. The number of ether oxygens (including phenoxy) is 1. The lowest BCUT2D eigenvalue weighted by molar-refractivity contribution is -0.136. The second-order valence-electron chi connectivity index (χ2n) is 5.08. The Morgan fingerprint density at radius 2 is 2.26 bits per heavy atom. The number of esters is 1. The zero-order chi connectivity index (χ0) is 17.0. The fraction of sp³-hybridized carbons (Fsp3) is 0.312. The summed E-state index contributed by atoms with van der Waals surface area (Å²) in [6.07, 6.45) is 0. The van der Waals surface area contributed by atoms with Gasteiger partial charge in [0, 0.05) is 6.54 Å². The molecule has 0 bridgehead atoms. The molecule has 0 aliphatic carbocycles. The standard InChI is InChI=1S/C16H17N3O4/c1-10-3-4-11(8-17)13(7-10)18-14-12(16(22)23-2)9-19(5-6-20)15(14)21/h3-4,7,18,20H,5-6,9H2,1-2H3. The summed E-state index contributed by atoms with van der Waals surface area (Å²) >= 11 is 0. The largest absolute Gasteiger partial charge is 0.466 e. The van der Waals surface area contributed by atoms with Crippen LogP contribution in [-0.2, 0) is 14.3 Å². The number of aryl methyl sites for hydroxylation is 1. The maximum Gasteiger partial charge on any atom is 0.337 e. The third-order valence-corrected chi connectivity index (χ3v) is 3.51. The molecule has 120 valence electrons. The molecule has 1 aromatic rings. The molecule has 0 unspecified atom stereocenters. The van der Waals surface area contributed by atoms with Crippen LogP contribution in [0.25, 0.3) is 0 Å². The van der Waals surface area contributed by atoms with Gasteiger partial charge in [0.1, 0.15) is 11.8 Å². The molecule has 0 radical (unpaired) electrons. The van der Waals surface area contributed by atoms with Crippen molar-refractivity contribution >= 4 is 17.6 Å². The normalized spacial score (nSPS) is 14.0. The van der Waals surface area contributed by atoms with Crippen LogP contribution in [0.5, 0.6) is 0 Å². The van der Waals surface area contributed by atoms with Crippen LogP contribution in [0, 0.1) is 18.3 Å².